The minimum Gasteiger partial charge on any atom is -0.497 e. The summed E-state index contributed by atoms with van der Waals surface area (Å²) in [5, 5.41) is 2.36. The first-order valence-corrected chi connectivity index (χ1v) is 7.56. The Morgan fingerprint density at radius 2 is 1.94 bits per heavy atom. The molecule has 0 amide bonds. The molecule has 4 heteroatoms. The number of thioether (sulfide) groups is 1. The zero-order chi connectivity index (χ0) is 13.0. The van der Waals surface area contributed by atoms with E-state index in [1.165, 1.54) is 9.77 Å². The van der Waals surface area contributed by atoms with Crippen molar-refractivity contribution in [2.24, 2.45) is 5.73 Å². The molecule has 2 rings (SSSR count). The summed E-state index contributed by atoms with van der Waals surface area (Å²) in [4.78, 5) is 0. The van der Waals surface area contributed by atoms with Crippen molar-refractivity contribution in [3.05, 3.63) is 47.3 Å². The summed E-state index contributed by atoms with van der Waals surface area (Å²) in [7, 11) is 1.68. The largest absolute Gasteiger partial charge is 0.497 e. The van der Waals surface area contributed by atoms with Gasteiger partial charge in [0.2, 0.25) is 0 Å². The van der Waals surface area contributed by atoms with Crippen LogP contribution in [0.15, 0.2) is 46.0 Å². The number of methoxy groups -OCH3 is 1. The van der Waals surface area contributed by atoms with Gasteiger partial charge in [-0.2, -0.15) is 0 Å². The van der Waals surface area contributed by atoms with Gasteiger partial charge in [0.25, 0.3) is 0 Å². The van der Waals surface area contributed by atoms with Gasteiger partial charge in [-0.15, -0.1) is 23.1 Å². The van der Waals surface area contributed by atoms with Gasteiger partial charge in [0.05, 0.1) is 16.6 Å². The molecule has 2 unspecified atom stereocenters. The van der Waals surface area contributed by atoms with Crippen LogP contribution in [0.3, 0.4) is 0 Å². The summed E-state index contributed by atoms with van der Waals surface area (Å²) in [5.41, 5.74) is 7.35. The van der Waals surface area contributed by atoms with Crippen LogP contribution in [0.2, 0.25) is 0 Å². The summed E-state index contributed by atoms with van der Waals surface area (Å²) in [6.45, 7) is 2.05. The second-order valence-electron chi connectivity index (χ2n) is 4.10. The van der Waals surface area contributed by atoms with E-state index in [2.05, 4.69) is 36.6 Å². The Morgan fingerprint density at radius 1 is 1.22 bits per heavy atom. The summed E-state index contributed by atoms with van der Waals surface area (Å²) in [5.74, 6) is 0.878. The van der Waals surface area contributed by atoms with Gasteiger partial charge in [0.1, 0.15) is 5.75 Å². The summed E-state index contributed by atoms with van der Waals surface area (Å²) in [6.07, 6.45) is 0. The van der Waals surface area contributed by atoms with E-state index in [0.717, 1.165) is 5.75 Å². The van der Waals surface area contributed by atoms with Crippen LogP contribution in [0.1, 0.15) is 17.7 Å². The van der Waals surface area contributed by atoms with Gasteiger partial charge in [0, 0.05) is 6.04 Å². The van der Waals surface area contributed by atoms with Gasteiger partial charge in [-0.05, 0) is 36.1 Å². The number of benzene rings is 1. The Balaban J connectivity index is 2.18. The van der Waals surface area contributed by atoms with Crippen molar-refractivity contribution in [3.63, 3.8) is 0 Å². The van der Waals surface area contributed by atoms with E-state index >= 15 is 0 Å². The fraction of sp³-hybridized carbons (Fsp3) is 0.286. The Labute approximate surface area is 116 Å². The Bertz CT molecular complexity index is 465. The third kappa shape index (κ3) is 3.28. The summed E-state index contributed by atoms with van der Waals surface area (Å²) < 4.78 is 6.48. The van der Waals surface area contributed by atoms with Gasteiger partial charge in [0.15, 0.2) is 0 Å². The van der Waals surface area contributed by atoms with Crippen molar-refractivity contribution >= 4 is 23.1 Å². The Morgan fingerprint density at radius 3 is 2.44 bits per heavy atom. The van der Waals surface area contributed by atoms with E-state index in [1.807, 2.05) is 23.9 Å². The van der Waals surface area contributed by atoms with Crippen LogP contribution in [0.4, 0.5) is 0 Å². The molecule has 0 radical (unpaired) electrons. The molecule has 18 heavy (non-hydrogen) atoms. The van der Waals surface area contributed by atoms with E-state index < -0.39 is 0 Å². The molecule has 0 fully saturated rings. The number of thiophene rings is 1. The average Bonchev–Trinajstić information content (AvgIpc) is 2.89. The minimum atomic E-state index is 0.102. The molecule has 1 aromatic carbocycles. The van der Waals surface area contributed by atoms with Crippen molar-refractivity contribution < 1.29 is 4.74 Å². The molecular formula is C14H17NOS2. The van der Waals surface area contributed by atoms with Crippen LogP contribution < -0.4 is 10.5 Å². The number of hydrogen-bond donors (Lipinski definition) is 1. The molecule has 0 spiro atoms. The topological polar surface area (TPSA) is 35.2 Å². The van der Waals surface area contributed by atoms with Crippen molar-refractivity contribution in [1.82, 2.24) is 0 Å². The van der Waals surface area contributed by atoms with Crippen LogP contribution in [0.25, 0.3) is 0 Å². The fourth-order valence-electron chi connectivity index (χ4n) is 1.73. The molecule has 2 N–H and O–H groups in total. The normalized spacial score (nSPS) is 14.2. The highest BCUT2D eigenvalue weighted by Gasteiger charge is 2.18. The highest BCUT2D eigenvalue weighted by molar-refractivity contribution is 8.01. The highest BCUT2D eigenvalue weighted by Crippen LogP contribution is 2.39. The van der Waals surface area contributed by atoms with Crippen molar-refractivity contribution in [1.29, 1.82) is 0 Å². The fourth-order valence-corrected chi connectivity index (χ4v) is 3.79. The number of nitrogens with two attached hydrogens (primary N) is 1. The predicted octanol–water partition coefficient (Wildman–Crippen LogP) is 3.94. The van der Waals surface area contributed by atoms with E-state index in [-0.39, 0.29) is 11.3 Å². The van der Waals surface area contributed by atoms with Gasteiger partial charge < -0.3 is 10.5 Å². The van der Waals surface area contributed by atoms with Crippen molar-refractivity contribution in [3.8, 4) is 5.75 Å². The predicted molar refractivity (Wildman–Crippen MR) is 79.6 cm³/mol. The van der Waals surface area contributed by atoms with Gasteiger partial charge >= 0.3 is 0 Å². The molecule has 2 atom stereocenters. The van der Waals surface area contributed by atoms with Crippen LogP contribution in [-0.4, -0.2) is 13.2 Å². The summed E-state index contributed by atoms with van der Waals surface area (Å²) in [6, 6.07) is 12.5. The molecule has 0 aliphatic heterocycles. The maximum Gasteiger partial charge on any atom is 0.118 e. The molecule has 2 nitrogen and oxygen atoms in total. The molecule has 0 saturated carbocycles. The average molecular weight is 279 g/mol. The molecule has 1 aromatic heterocycles. The monoisotopic (exact) mass is 279 g/mol. The maximum atomic E-state index is 6.11. The number of hydrogen-bond acceptors (Lipinski definition) is 4. The lowest BCUT2D eigenvalue weighted by Gasteiger charge is -2.20. The second kappa shape index (κ2) is 6.27. The van der Waals surface area contributed by atoms with Crippen LogP contribution in [0.5, 0.6) is 5.75 Å². The molecule has 2 aromatic rings. The second-order valence-corrected chi connectivity index (χ2v) is 6.49. The lowest BCUT2D eigenvalue weighted by atomic mass is 10.1. The van der Waals surface area contributed by atoms with E-state index in [1.54, 1.807) is 18.4 Å². The molecule has 1 heterocycles. The quantitative estimate of drug-likeness (QED) is 0.842. The zero-order valence-corrected chi connectivity index (χ0v) is 12.1. The maximum absolute atomic E-state index is 6.11. The van der Waals surface area contributed by atoms with E-state index in [4.69, 9.17) is 10.5 Å². The van der Waals surface area contributed by atoms with Gasteiger partial charge in [-0.1, -0.05) is 18.2 Å². The minimum absolute atomic E-state index is 0.102. The number of rotatable bonds is 5. The molecule has 0 aliphatic carbocycles. The van der Waals surface area contributed by atoms with E-state index in [9.17, 15) is 0 Å². The molecule has 0 saturated heterocycles. The van der Waals surface area contributed by atoms with Gasteiger partial charge in [-0.3, -0.25) is 0 Å². The molecule has 96 valence electrons. The zero-order valence-electron chi connectivity index (χ0n) is 10.5. The smallest absolute Gasteiger partial charge is 0.118 e. The lowest BCUT2D eigenvalue weighted by Crippen LogP contribution is -2.22. The van der Waals surface area contributed by atoms with Crippen LogP contribution in [0, 0.1) is 0 Å². The first-order chi connectivity index (χ1) is 8.70. The molecule has 0 bridgehead atoms. The summed E-state index contributed by atoms with van der Waals surface area (Å²) >= 11 is 3.58. The lowest BCUT2D eigenvalue weighted by molar-refractivity contribution is 0.414. The van der Waals surface area contributed by atoms with E-state index in [0.29, 0.717) is 0 Å². The Kier molecular flexibility index (Phi) is 4.69. The van der Waals surface area contributed by atoms with Crippen molar-refractivity contribution in [2.45, 2.75) is 22.4 Å². The first kappa shape index (κ1) is 13.5. The third-order valence-electron chi connectivity index (χ3n) is 2.66. The van der Waals surface area contributed by atoms with Crippen LogP contribution >= 0.6 is 23.1 Å². The van der Waals surface area contributed by atoms with Crippen LogP contribution in [-0.2, 0) is 0 Å². The van der Waals surface area contributed by atoms with Gasteiger partial charge in [-0.25, -0.2) is 0 Å². The highest BCUT2D eigenvalue weighted by atomic mass is 32.2. The number of ether oxygens (including phenoxy) is 1. The standard InChI is InChI=1S/C14H17NOS2/c1-10(15)14(18-13-4-3-9-17-13)11-5-7-12(16-2)8-6-11/h3-10,14H,15H2,1-2H3. The third-order valence-corrected chi connectivity index (χ3v) is 5.22. The molecular weight excluding hydrogens is 262 g/mol. The molecule has 0 aliphatic rings. The Hall–Kier alpha value is -0.970. The first-order valence-electron chi connectivity index (χ1n) is 5.80. The van der Waals surface area contributed by atoms with Crippen molar-refractivity contribution in [2.75, 3.05) is 7.11 Å². The SMILES string of the molecule is COc1ccc(C(Sc2cccs2)C(C)N)cc1.